The molecule has 0 aliphatic heterocycles. The Hall–Kier alpha value is -2.95. The number of hydrogen-bond donors (Lipinski definition) is 6. The number of H-pyrrole nitrogens is 1. The van der Waals surface area contributed by atoms with Crippen LogP contribution < -0.4 is 21.7 Å². The first-order valence-electron chi connectivity index (χ1n) is 11.7. The van der Waals surface area contributed by atoms with Crippen LogP contribution in [0.4, 0.5) is 0 Å². The third kappa shape index (κ3) is 9.90. The number of aromatic amines is 1. The van der Waals surface area contributed by atoms with Crippen LogP contribution >= 0.6 is 0 Å². The summed E-state index contributed by atoms with van der Waals surface area (Å²) in [7, 11) is 0. The molecule has 1 heterocycles. The van der Waals surface area contributed by atoms with Gasteiger partial charge in [0.15, 0.2) is 0 Å². The maximum absolute atomic E-state index is 13.1. The van der Waals surface area contributed by atoms with Crippen molar-refractivity contribution in [3.8, 4) is 0 Å². The van der Waals surface area contributed by atoms with Crippen LogP contribution in [0.1, 0.15) is 60.1 Å². The minimum atomic E-state index is -1.20. The maximum atomic E-state index is 13.1. The van der Waals surface area contributed by atoms with Gasteiger partial charge in [0.05, 0.1) is 12.4 Å². The Bertz CT molecular complexity index is 809. The highest BCUT2D eigenvalue weighted by atomic mass is 16.4. The first-order chi connectivity index (χ1) is 15.8. The summed E-state index contributed by atoms with van der Waals surface area (Å²) in [6.07, 6.45) is 3.69. The first kappa shape index (κ1) is 29.1. The van der Waals surface area contributed by atoms with Gasteiger partial charge in [-0.2, -0.15) is 0 Å². The molecule has 192 valence electrons. The van der Waals surface area contributed by atoms with E-state index >= 15 is 0 Å². The van der Waals surface area contributed by atoms with Gasteiger partial charge >= 0.3 is 5.97 Å². The van der Waals surface area contributed by atoms with Gasteiger partial charge in [-0.3, -0.25) is 14.4 Å². The van der Waals surface area contributed by atoms with Crippen LogP contribution in [0.5, 0.6) is 0 Å². The zero-order valence-corrected chi connectivity index (χ0v) is 20.9. The van der Waals surface area contributed by atoms with E-state index in [-0.39, 0.29) is 24.2 Å². The lowest BCUT2D eigenvalue weighted by Gasteiger charge is -2.27. The molecule has 11 heteroatoms. The molecule has 4 atom stereocenters. The Kier molecular flexibility index (Phi) is 11.7. The number of imidazole rings is 1. The molecule has 0 saturated heterocycles. The summed E-state index contributed by atoms with van der Waals surface area (Å²) in [4.78, 5) is 56.9. The fourth-order valence-electron chi connectivity index (χ4n) is 3.46. The molecule has 3 amide bonds. The molecule has 34 heavy (non-hydrogen) atoms. The van der Waals surface area contributed by atoms with Crippen molar-refractivity contribution in [1.82, 2.24) is 25.9 Å². The standard InChI is InChI=1S/C23H40N6O5/c1-12(2)7-16(24)20(30)29-19(14(5)6)22(32)27-17(8-13(3)4)21(31)28-18(23(33)34)9-15-10-25-11-26-15/h10-14,16-19H,7-9,24H2,1-6H3,(H,25,26)(H,27,32)(H,28,31)(H,29,30)(H,33,34). The molecule has 0 spiro atoms. The fourth-order valence-corrected chi connectivity index (χ4v) is 3.46. The Balaban J connectivity index is 2.94. The number of aliphatic carboxylic acids is 1. The van der Waals surface area contributed by atoms with Crippen LogP contribution in [0.3, 0.4) is 0 Å². The molecular formula is C23H40N6O5. The number of rotatable bonds is 14. The predicted molar refractivity (Wildman–Crippen MR) is 127 cm³/mol. The van der Waals surface area contributed by atoms with Gasteiger partial charge in [0.25, 0.3) is 0 Å². The molecule has 0 aromatic carbocycles. The van der Waals surface area contributed by atoms with Crippen molar-refractivity contribution >= 4 is 23.7 Å². The molecule has 1 aromatic heterocycles. The van der Waals surface area contributed by atoms with E-state index in [1.165, 1.54) is 12.5 Å². The van der Waals surface area contributed by atoms with E-state index in [4.69, 9.17) is 5.73 Å². The normalized spacial score (nSPS) is 15.0. The number of nitrogens with two attached hydrogens (primary N) is 1. The third-order valence-electron chi connectivity index (χ3n) is 5.24. The van der Waals surface area contributed by atoms with Crippen molar-refractivity contribution in [1.29, 1.82) is 0 Å². The molecule has 0 aliphatic rings. The third-order valence-corrected chi connectivity index (χ3v) is 5.24. The number of nitrogens with one attached hydrogen (secondary N) is 4. The Labute approximate surface area is 201 Å². The van der Waals surface area contributed by atoms with Crippen molar-refractivity contribution in [3.05, 3.63) is 18.2 Å². The smallest absolute Gasteiger partial charge is 0.326 e. The minimum Gasteiger partial charge on any atom is -0.480 e. The predicted octanol–water partition coefficient (Wildman–Crippen LogP) is 0.567. The summed E-state index contributed by atoms with van der Waals surface area (Å²) >= 11 is 0. The SMILES string of the molecule is CC(C)CC(N)C(=O)NC(C(=O)NC(CC(C)C)C(=O)NC(Cc1cnc[nH]1)C(=O)O)C(C)C. The topological polar surface area (TPSA) is 179 Å². The van der Waals surface area contributed by atoms with Gasteiger partial charge in [0, 0.05) is 18.3 Å². The van der Waals surface area contributed by atoms with E-state index in [2.05, 4.69) is 25.9 Å². The fraction of sp³-hybridized carbons (Fsp3) is 0.696. The number of amides is 3. The number of carboxylic acids is 1. The summed E-state index contributed by atoms with van der Waals surface area (Å²) in [5, 5.41) is 17.4. The van der Waals surface area contributed by atoms with E-state index in [0.717, 1.165) is 0 Å². The highest BCUT2D eigenvalue weighted by Crippen LogP contribution is 2.10. The van der Waals surface area contributed by atoms with Crippen molar-refractivity contribution in [2.75, 3.05) is 0 Å². The van der Waals surface area contributed by atoms with Gasteiger partial charge in [-0.05, 0) is 30.6 Å². The van der Waals surface area contributed by atoms with Crippen molar-refractivity contribution in [2.45, 2.75) is 85.0 Å². The second-order valence-corrected chi connectivity index (χ2v) is 9.84. The summed E-state index contributed by atoms with van der Waals surface area (Å²) in [5.74, 6) is -2.78. The molecule has 0 fully saturated rings. The molecule has 4 unspecified atom stereocenters. The first-order valence-corrected chi connectivity index (χ1v) is 11.7. The van der Waals surface area contributed by atoms with Gasteiger partial charge in [0.2, 0.25) is 17.7 Å². The highest BCUT2D eigenvalue weighted by molar-refractivity contribution is 5.94. The van der Waals surface area contributed by atoms with Crippen LogP contribution in [-0.4, -0.2) is 62.9 Å². The molecule has 0 aliphatic carbocycles. The van der Waals surface area contributed by atoms with Gasteiger partial charge in [-0.1, -0.05) is 41.5 Å². The van der Waals surface area contributed by atoms with Gasteiger partial charge in [-0.15, -0.1) is 0 Å². The van der Waals surface area contributed by atoms with E-state index in [1.807, 2.05) is 27.7 Å². The summed E-state index contributed by atoms with van der Waals surface area (Å²) in [5.41, 5.74) is 6.50. The molecule has 11 nitrogen and oxygen atoms in total. The average Bonchev–Trinajstić information content (AvgIpc) is 3.22. The average molecular weight is 481 g/mol. The van der Waals surface area contributed by atoms with Crippen LogP contribution in [-0.2, 0) is 25.6 Å². The lowest BCUT2D eigenvalue weighted by Crippen LogP contribution is -2.58. The second kappa shape index (κ2) is 13.7. The molecule has 1 rings (SSSR count). The number of aromatic nitrogens is 2. The monoisotopic (exact) mass is 480 g/mol. The second-order valence-electron chi connectivity index (χ2n) is 9.84. The molecule has 0 radical (unpaired) electrons. The maximum Gasteiger partial charge on any atom is 0.326 e. The summed E-state index contributed by atoms with van der Waals surface area (Å²) < 4.78 is 0. The number of nitrogens with zero attached hydrogens (tertiary/aromatic N) is 1. The van der Waals surface area contributed by atoms with Crippen LogP contribution in [0.15, 0.2) is 12.5 Å². The number of hydrogen-bond acceptors (Lipinski definition) is 6. The van der Waals surface area contributed by atoms with E-state index in [9.17, 15) is 24.3 Å². The minimum absolute atomic E-state index is 0.0157. The number of carbonyl (C=O) groups excluding carboxylic acids is 3. The zero-order valence-electron chi connectivity index (χ0n) is 20.9. The Morgan fingerprint density at radius 3 is 1.97 bits per heavy atom. The zero-order chi connectivity index (χ0) is 26.0. The van der Waals surface area contributed by atoms with Crippen molar-refractivity contribution in [3.63, 3.8) is 0 Å². The van der Waals surface area contributed by atoms with Crippen LogP contribution in [0.25, 0.3) is 0 Å². The Morgan fingerprint density at radius 2 is 1.50 bits per heavy atom. The van der Waals surface area contributed by atoms with Crippen LogP contribution in [0.2, 0.25) is 0 Å². The lowest BCUT2D eigenvalue weighted by molar-refractivity contribution is -0.142. The molecule has 0 bridgehead atoms. The van der Waals surface area contributed by atoms with E-state index in [1.54, 1.807) is 13.8 Å². The number of carboxylic acid groups (broad SMARTS) is 1. The quantitative estimate of drug-likeness (QED) is 0.225. The highest BCUT2D eigenvalue weighted by Gasteiger charge is 2.32. The van der Waals surface area contributed by atoms with Crippen LogP contribution in [0, 0.1) is 17.8 Å². The lowest BCUT2D eigenvalue weighted by atomic mass is 9.98. The molecular weight excluding hydrogens is 440 g/mol. The molecule has 7 N–H and O–H groups in total. The van der Waals surface area contributed by atoms with Gasteiger partial charge in [0.1, 0.15) is 18.1 Å². The summed E-state index contributed by atoms with van der Waals surface area (Å²) in [6, 6.07) is -3.82. The van der Waals surface area contributed by atoms with E-state index in [0.29, 0.717) is 18.5 Å². The van der Waals surface area contributed by atoms with Gasteiger partial charge < -0.3 is 31.8 Å². The summed E-state index contributed by atoms with van der Waals surface area (Å²) in [6.45, 7) is 11.2. The van der Waals surface area contributed by atoms with E-state index < -0.39 is 47.9 Å². The van der Waals surface area contributed by atoms with Crippen molar-refractivity contribution in [2.24, 2.45) is 23.5 Å². The number of carbonyl (C=O) groups is 4. The Morgan fingerprint density at radius 1 is 0.912 bits per heavy atom. The van der Waals surface area contributed by atoms with Gasteiger partial charge in [-0.25, -0.2) is 9.78 Å². The molecule has 0 saturated carbocycles. The largest absolute Gasteiger partial charge is 0.480 e. The molecule has 1 aromatic rings. The van der Waals surface area contributed by atoms with Crippen molar-refractivity contribution < 1.29 is 24.3 Å².